The van der Waals surface area contributed by atoms with Crippen LogP contribution < -0.4 is 0 Å². The van der Waals surface area contributed by atoms with E-state index in [0.717, 1.165) is 25.7 Å². The largest absolute Gasteiger partial charge is 0.480 e. The predicted octanol–water partition coefficient (Wildman–Crippen LogP) is 5.05. The van der Waals surface area contributed by atoms with Gasteiger partial charge in [-0.15, -0.1) is 0 Å². The minimum Gasteiger partial charge on any atom is -0.480 e. The van der Waals surface area contributed by atoms with Crippen molar-refractivity contribution in [2.24, 2.45) is 17.3 Å². The van der Waals surface area contributed by atoms with Crippen LogP contribution in [0.4, 0.5) is 0 Å². The Labute approximate surface area is 142 Å². The van der Waals surface area contributed by atoms with Gasteiger partial charge in [0.2, 0.25) is 0 Å². The second-order valence-corrected chi connectivity index (χ2v) is 7.31. The lowest BCUT2D eigenvalue weighted by Gasteiger charge is -2.34. The molecule has 0 aromatic rings. The molecule has 0 saturated carbocycles. The highest BCUT2D eigenvalue weighted by molar-refractivity contribution is 5.99. The second-order valence-electron chi connectivity index (χ2n) is 7.31. The average Bonchev–Trinajstić information content (AvgIpc) is 2.46. The average molecular weight is 328 g/mol. The van der Waals surface area contributed by atoms with Gasteiger partial charge in [-0.25, -0.2) is 0 Å². The summed E-state index contributed by atoms with van der Waals surface area (Å²) in [5.41, 5.74) is -1.44. The fourth-order valence-electron chi connectivity index (χ4n) is 3.02. The first-order chi connectivity index (χ1) is 10.7. The van der Waals surface area contributed by atoms with E-state index in [1.807, 2.05) is 20.8 Å². The number of carboxylic acid groups (broad SMARTS) is 1. The van der Waals surface area contributed by atoms with Crippen LogP contribution in [0.25, 0.3) is 0 Å². The molecule has 4 nitrogen and oxygen atoms in total. The van der Waals surface area contributed by atoms with E-state index in [4.69, 9.17) is 4.74 Å². The van der Waals surface area contributed by atoms with Gasteiger partial charge in [-0.1, -0.05) is 60.8 Å². The fraction of sp³-hybridized carbons (Fsp3) is 0.895. The first kappa shape index (κ1) is 21.9. The zero-order valence-corrected chi connectivity index (χ0v) is 15.9. The van der Waals surface area contributed by atoms with Crippen LogP contribution in [0.2, 0.25) is 0 Å². The van der Waals surface area contributed by atoms with Crippen molar-refractivity contribution in [3.63, 3.8) is 0 Å². The van der Waals surface area contributed by atoms with Crippen molar-refractivity contribution in [3.05, 3.63) is 0 Å². The number of carbonyl (C=O) groups excluding carboxylic acids is 1. The van der Waals surface area contributed by atoms with Crippen molar-refractivity contribution in [1.82, 2.24) is 0 Å². The first-order valence-corrected chi connectivity index (χ1v) is 9.16. The fourth-order valence-corrected chi connectivity index (χ4v) is 3.02. The third kappa shape index (κ3) is 6.52. The third-order valence-electron chi connectivity index (χ3n) is 4.57. The Kier molecular flexibility index (Phi) is 10.2. The van der Waals surface area contributed by atoms with E-state index in [9.17, 15) is 14.7 Å². The topological polar surface area (TPSA) is 63.6 Å². The number of esters is 1. The molecule has 23 heavy (non-hydrogen) atoms. The molecular formula is C19H36O4. The van der Waals surface area contributed by atoms with Gasteiger partial charge in [0.25, 0.3) is 0 Å². The Bertz CT molecular complexity index is 362. The summed E-state index contributed by atoms with van der Waals surface area (Å²) in [4.78, 5) is 24.6. The van der Waals surface area contributed by atoms with E-state index in [1.54, 1.807) is 13.8 Å². The van der Waals surface area contributed by atoms with E-state index in [-0.39, 0.29) is 17.9 Å². The van der Waals surface area contributed by atoms with Crippen LogP contribution in [0.5, 0.6) is 0 Å². The summed E-state index contributed by atoms with van der Waals surface area (Å²) >= 11 is 0. The highest BCUT2D eigenvalue weighted by Gasteiger charge is 2.51. The Morgan fingerprint density at radius 1 is 1.04 bits per heavy atom. The highest BCUT2D eigenvalue weighted by atomic mass is 16.5. The van der Waals surface area contributed by atoms with E-state index in [1.165, 1.54) is 12.8 Å². The number of rotatable bonds is 12. The van der Waals surface area contributed by atoms with Crippen LogP contribution >= 0.6 is 0 Å². The summed E-state index contributed by atoms with van der Waals surface area (Å²) in [7, 11) is 0. The van der Waals surface area contributed by atoms with Crippen molar-refractivity contribution in [2.75, 3.05) is 0 Å². The molecule has 0 aromatic heterocycles. The molecule has 136 valence electrons. The molecule has 2 unspecified atom stereocenters. The minimum absolute atomic E-state index is 0.116. The molecule has 0 saturated heterocycles. The molecule has 0 bridgehead atoms. The SMILES string of the molecule is CCCCCCC(CC)OC(=O)C(CC(C)C)(C(=O)O)C(C)C. The van der Waals surface area contributed by atoms with Crippen molar-refractivity contribution in [1.29, 1.82) is 0 Å². The van der Waals surface area contributed by atoms with Crippen LogP contribution in [-0.4, -0.2) is 23.1 Å². The van der Waals surface area contributed by atoms with Gasteiger partial charge in [-0.3, -0.25) is 9.59 Å². The van der Waals surface area contributed by atoms with Gasteiger partial charge >= 0.3 is 11.9 Å². The highest BCUT2D eigenvalue weighted by Crippen LogP contribution is 2.37. The first-order valence-electron chi connectivity index (χ1n) is 9.16. The molecule has 1 N–H and O–H groups in total. The van der Waals surface area contributed by atoms with Gasteiger partial charge in [0, 0.05) is 0 Å². The third-order valence-corrected chi connectivity index (χ3v) is 4.57. The zero-order valence-electron chi connectivity index (χ0n) is 15.9. The predicted molar refractivity (Wildman–Crippen MR) is 93.3 cm³/mol. The Hall–Kier alpha value is -1.06. The second kappa shape index (κ2) is 10.7. The van der Waals surface area contributed by atoms with Gasteiger partial charge < -0.3 is 9.84 Å². The Morgan fingerprint density at radius 2 is 1.65 bits per heavy atom. The molecule has 0 aliphatic rings. The van der Waals surface area contributed by atoms with E-state index >= 15 is 0 Å². The number of hydrogen-bond acceptors (Lipinski definition) is 3. The van der Waals surface area contributed by atoms with Crippen LogP contribution in [0, 0.1) is 17.3 Å². The molecule has 0 aliphatic carbocycles. The van der Waals surface area contributed by atoms with Crippen molar-refractivity contribution >= 4 is 11.9 Å². The van der Waals surface area contributed by atoms with Gasteiger partial charge in [0.1, 0.15) is 6.10 Å². The Balaban J connectivity index is 5.03. The van der Waals surface area contributed by atoms with Gasteiger partial charge in [0.05, 0.1) is 0 Å². The molecule has 4 heteroatoms. The van der Waals surface area contributed by atoms with E-state index in [0.29, 0.717) is 6.42 Å². The minimum atomic E-state index is -1.44. The van der Waals surface area contributed by atoms with Crippen molar-refractivity contribution < 1.29 is 19.4 Å². The number of aliphatic carboxylic acids is 1. The quantitative estimate of drug-likeness (QED) is 0.309. The van der Waals surface area contributed by atoms with Gasteiger partial charge in [-0.05, 0) is 37.5 Å². The summed E-state index contributed by atoms with van der Waals surface area (Å²) in [5.74, 6) is -1.80. The maximum atomic E-state index is 12.7. The summed E-state index contributed by atoms with van der Waals surface area (Å²) in [6.07, 6.45) is 6.18. The summed E-state index contributed by atoms with van der Waals surface area (Å²) in [5, 5.41) is 9.74. The Morgan fingerprint density at radius 3 is 2.04 bits per heavy atom. The molecule has 0 aliphatic heterocycles. The van der Waals surface area contributed by atoms with E-state index < -0.39 is 17.4 Å². The maximum Gasteiger partial charge on any atom is 0.324 e. The molecule has 2 atom stereocenters. The molecule has 0 spiro atoms. The van der Waals surface area contributed by atoms with Crippen LogP contribution in [0.15, 0.2) is 0 Å². The molecule has 0 heterocycles. The summed E-state index contributed by atoms with van der Waals surface area (Å²) in [6.45, 7) is 11.6. The lowest BCUT2D eigenvalue weighted by molar-refractivity contribution is -0.178. The molecule has 0 aromatic carbocycles. The maximum absolute atomic E-state index is 12.7. The number of hydrogen-bond donors (Lipinski definition) is 1. The molecular weight excluding hydrogens is 292 g/mol. The van der Waals surface area contributed by atoms with Crippen LogP contribution in [0.3, 0.4) is 0 Å². The smallest absolute Gasteiger partial charge is 0.324 e. The number of unbranched alkanes of at least 4 members (excludes halogenated alkanes) is 3. The van der Waals surface area contributed by atoms with Crippen LogP contribution in [-0.2, 0) is 14.3 Å². The molecule has 0 amide bonds. The summed E-state index contributed by atoms with van der Waals surface area (Å²) < 4.78 is 5.65. The number of carboxylic acids is 1. The number of carbonyl (C=O) groups is 2. The monoisotopic (exact) mass is 328 g/mol. The van der Waals surface area contributed by atoms with Gasteiger partial charge in [0.15, 0.2) is 5.41 Å². The van der Waals surface area contributed by atoms with Crippen LogP contribution in [0.1, 0.15) is 86.5 Å². The standard InChI is InChI=1S/C19H36O4/c1-7-9-10-11-12-16(8-2)23-18(22)19(15(5)6,17(20)21)13-14(3)4/h14-16H,7-13H2,1-6H3,(H,20,21). The normalized spacial score (nSPS) is 15.5. The van der Waals surface area contributed by atoms with Gasteiger partial charge in [-0.2, -0.15) is 0 Å². The van der Waals surface area contributed by atoms with Crippen molar-refractivity contribution in [2.45, 2.75) is 92.6 Å². The number of ether oxygens (including phenoxy) is 1. The lowest BCUT2D eigenvalue weighted by atomic mass is 9.71. The zero-order chi connectivity index (χ0) is 18.0. The molecule has 0 radical (unpaired) electrons. The van der Waals surface area contributed by atoms with E-state index in [2.05, 4.69) is 6.92 Å². The lowest BCUT2D eigenvalue weighted by Crippen LogP contribution is -2.47. The van der Waals surface area contributed by atoms with Crippen molar-refractivity contribution in [3.8, 4) is 0 Å². The summed E-state index contributed by atoms with van der Waals surface area (Å²) in [6, 6.07) is 0. The molecule has 0 fully saturated rings. The molecule has 0 rings (SSSR count).